The van der Waals surface area contributed by atoms with E-state index in [4.69, 9.17) is 9.47 Å². The van der Waals surface area contributed by atoms with Gasteiger partial charge in [-0.1, -0.05) is 40.2 Å². The fraction of sp³-hybridized carbons (Fsp3) is 0.379. The molecule has 182 valence electrons. The van der Waals surface area contributed by atoms with E-state index in [1.54, 1.807) is 7.11 Å². The molecule has 1 aliphatic heterocycles. The molecule has 5 rings (SSSR count). The summed E-state index contributed by atoms with van der Waals surface area (Å²) in [6.45, 7) is 3.28. The lowest BCUT2D eigenvalue weighted by atomic mass is 9.71. The van der Waals surface area contributed by atoms with E-state index in [0.29, 0.717) is 30.9 Å². The number of rotatable bonds is 6. The Morgan fingerprint density at radius 2 is 1.57 bits per heavy atom. The van der Waals surface area contributed by atoms with Crippen molar-refractivity contribution in [1.29, 1.82) is 0 Å². The molecule has 0 bridgehead atoms. The van der Waals surface area contributed by atoms with Crippen molar-refractivity contribution in [2.75, 3.05) is 13.7 Å². The molecule has 0 N–H and O–H groups in total. The highest BCUT2D eigenvalue weighted by molar-refractivity contribution is 9.10. The number of Topliss-reactive ketones (excluding diaryl/α,β-unsaturated/α-hetero) is 2. The lowest BCUT2D eigenvalue weighted by Crippen LogP contribution is -2.39. The number of ether oxygens (including phenoxy) is 2. The molecule has 2 aliphatic carbocycles. The van der Waals surface area contributed by atoms with Crippen molar-refractivity contribution < 1.29 is 19.1 Å². The van der Waals surface area contributed by atoms with Gasteiger partial charge in [0.05, 0.1) is 7.11 Å². The topological polar surface area (TPSA) is 55.8 Å². The summed E-state index contributed by atoms with van der Waals surface area (Å²) in [4.78, 5) is 28.8. The van der Waals surface area contributed by atoms with E-state index in [2.05, 4.69) is 27.8 Å². The smallest absolute Gasteiger partial charge is 0.161 e. The minimum absolute atomic E-state index is 0.160. The number of halogens is 1. The van der Waals surface area contributed by atoms with Gasteiger partial charge in [-0.05, 0) is 56.4 Å². The highest BCUT2D eigenvalue weighted by Crippen LogP contribution is 2.50. The number of nitrogens with zero attached hydrogens (tertiary/aromatic N) is 1. The molecule has 0 spiro atoms. The van der Waals surface area contributed by atoms with Crippen LogP contribution in [0.1, 0.15) is 62.5 Å². The molecule has 3 aliphatic rings. The Morgan fingerprint density at radius 3 is 2.17 bits per heavy atom. The summed E-state index contributed by atoms with van der Waals surface area (Å²) in [7, 11) is 1.62. The first-order valence-corrected chi connectivity index (χ1v) is 13.2. The maximum atomic E-state index is 13.3. The summed E-state index contributed by atoms with van der Waals surface area (Å²) in [6, 6.07) is 13.8. The summed E-state index contributed by atoms with van der Waals surface area (Å²) in [5.74, 6) is 1.21. The maximum absolute atomic E-state index is 13.3. The molecule has 0 fully saturated rings. The molecule has 6 heteroatoms. The Balaban J connectivity index is 1.56. The molecule has 1 heterocycles. The molecular weight excluding hydrogens is 506 g/mol. The number of benzene rings is 2. The van der Waals surface area contributed by atoms with Crippen LogP contribution in [-0.4, -0.2) is 30.1 Å². The van der Waals surface area contributed by atoms with Crippen molar-refractivity contribution in [3.05, 3.63) is 80.6 Å². The second-order valence-electron chi connectivity index (χ2n) is 9.24. The first-order chi connectivity index (χ1) is 17.0. The molecule has 0 amide bonds. The molecule has 0 radical (unpaired) electrons. The maximum Gasteiger partial charge on any atom is 0.161 e. The summed E-state index contributed by atoms with van der Waals surface area (Å²) in [5.41, 5.74) is 5.77. The monoisotopic (exact) mass is 535 g/mol. The van der Waals surface area contributed by atoms with Crippen LogP contribution in [0.2, 0.25) is 0 Å². The summed E-state index contributed by atoms with van der Waals surface area (Å²) in [6.07, 6.45) is 4.55. The summed E-state index contributed by atoms with van der Waals surface area (Å²) < 4.78 is 12.8. The predicted octanol–water partition coefficient (Wildman–Crippen LogP) is 6.47. The summed E-state index contributed by atoms with van der Waals surface area (Å²) in [5, 5.41) is 0. The number of hydrogen-bond donors (Lipinski definition) is 0. The van der Waals surface area contributed by atoms with E-state index in [9.17, 15) is 9.59 Å². The van der Waals surface area contributed by atoms with Gasteiger partial charge in [-0.3, -0.25) is 9.59 Å². The van der Waals surface area contributed by atoms with Gasteiger partial charge in [-0.2, -0.15) is 0 Å². The average molecular weight is 536 g/mol. The molecular formula is C29H30BrNO4. The lowest BCUT2D eigenvalue weighted by molar-refractivity contribution is -0.117. The molecule has 35 heavy (non-hydrogen) atoms. The Labute approximate surface area is 214 Å². The van der Waals surface area contributed by atoms with Gasteiger partial charge in [0.15, 0.2) is 23.1 Å². The van der Waals surface area contributed by atoms with Crippen LogP contribution in [0.25, 0.3) is 0 Å². The molecule has 0 aromatic heterocycles. The SMILES string of the molecule is CCN1C2=C(C(=O)CCC2)C(c2ccc(OCc3ccccc3Br)c(OC)c2)C2=C1CCCC2=O. The third-order valence-corrected chi connectivity index (χ3v) is 8.04. The van der Waals surface area contributed by atoms with Crippen LogP contribution in [0.15, 0.2) is 69.5 Å². The number of ketones is 2. The van der Waals surface area contributed by atoms with E-state index < -0.39 is 0 Å². The predicted molar refractivity (Wildman–Crippen MR) is 138 cm³/mol. The minimum Gasteiger partial charge on any atom is -0.493 e. The Kier molecular flexibility index (Phi) is 6.83. The molecule has 2 aromatic carbocycles. The van der Waals surface area contributed by atoms with Gasteiger partial charge in [0.1, 0.15) is 6.61 Å². The van der Waals surface area contributed by atoms with Crippen LogP contribution in [0.3, 0.4) is 0 Å². The first-order valence-electron chi connectivity index (χ1n) is 12.4. The van der Waals surface area contributed by atoms with Crippen molar-refractivity contribution in [3.63, 3.8) is 0 Å². The number of carbonyl (C=O) groups excluding carboxylic acids is 2. The lowest BCUT2D eigenvalue weighted by Gasteiger charge is -2.43. The third kappa shape index (κ3) is 4.33. The van der Waals surface area contributed by atoms with Crippen LogP contribution >= 0.6 is 15.9 Å². The fourth-order valence-corrected chi connectivity index (χ4v) is 6.08. The van der Waals surface area contributed by atoms with Gasteiger partial charge in [0, 0.05) is 57.9 Å². The van der Waals surface area contributed by atoms with Gasteiger partial charge in [0.25, 0.3) is 0 Å². The van der Waals surface area contributed by atoms with Crippen LogP contribution in [0.5, 0.6) is 11.5 Å². The van der Waals surface area contributed by atoms with Crippen LogP contribution in [0, 0.1) is 0 Å². The Morgan fingerprint density at radius 1 is 0.914 bits per heavy atom. The van der Waals surface area contributed by atoms with Gasteiger partial charge in [-0.25, -0.2) is 0 Å². The number of hydrogen-bond acceptors (Lipinski definition) is 5. The first kappa shape index (κ1) is 23.9. The molecule has 2 aromatic rings. The highest BCUT2D eigenvalue weighted by Gasteiger charge is 2.43. The second kappa shape index (κ2) is 10.0. The molecule has 0 unspecified atom stereocenters. The van der Waals surface area contributed by atoms with Gasteiger partial charge < -0.3 is 14.4 Å². The largest absolute Gasteiger partial charge is 0.493 e. The zero-order valence-corrected chi connectivity index (χ0v) is 21.8. The van der Waals surface area contributed by atoms with Crippen molar-refractivity contribution in [3.8, 4) is 11.5 Å². The normalized spacial score (nSPS) is 18.5. The summed E-state index contributed by atoms with van der Waals surface area (Å²) >= 11 is 3.57. The van der Waals surface area contributed by atoms with Crippen LogP contribution in [0.4, 0.5) is 0 Å². The number of allylic oxidation sites excluding steroid dienone is 4. The van der Waals surface area contributed by atoms with Crippen molar-refractivity contribution >= 4 is 27.5 Å². The number of carbonyl (C=O) groups is 2. The standard InChI is InChI=1S/C29H30BrNO4/c1-3-31-21-10-6-12-23(32)28(21)27(29-22(31)11-7-13-24(29)33)18-14-15-25(26(16-18)34-2)35-17-19-8-4-5-9-20(19)30/h4-5,8-9,14-16,27H,3,6-7,10-13,17H2,1-2H3. The van der Waals surface area contributed by atoms with Gasteiger partial charge in [-0.15, -0.1) is 0 Å². The second-order valence-corrected chi connectivity index (χ2v) is 10.1. The van der Waals surface area contributed by atoms with Crippen LogP contribution in [-0.2, 0) is 16.2 Å². The van der Waals surface area contributed by atoms with Gasteiger partial charge in [0.2, 0.25) is 0 Å². The third-order valence-electron chi connectivity index (χ3n) is 7.26. The average Bonchev–Trinajstić information content (AvgIpc) is 2.87. The van der Waals surface area contributed by atoms with E-state index in [0.717, 1.165) is 70.4 Å². The zero-order chi connectivity index (χ0) is 24.5. The van der Waals surface area contributed by atoms with Gasteiger partial charge >= 0.3 is 0 Å². The molecule has 0 saturated carbocycles. The van der Waals surface area contributed by atoms with E-state index in [1.807, 2.05) is 42.5 Å². The van der Waals surface area contributed by atoms with Crippen molar-refractivity contribution in [2.45, 2.75) is 58.0 Å². The van der Waals surface area contributed by atoms with Crippen LogP contribution < -0.4 is 9.47 Å². The van der Waals surface area contributed by atoms with E-state index in [1.165, 1.54) is 0 Å². The Bertz CT molecular complexity index is 1200. The van der Waals surface area contributed by atoms with E-state index in [-0.39, 0.29) is 17.5 Å². The minimum atomic E-state index is -0.338. The van der Waals surface area contributed by atoms with Crippen molar-refractivity contribution in [1.82, 2.24) is 4.90 Å². The molecule has 0 atom stereocenters. The van der Waals surface area contributed by atoms with E-state index >= 15 is 0 Å². The Hall–Kier alpha value is -2.86. The van der Waals surface area contributed by atoms with Crippen molar-refractivity contribution in [2.24, 2.45) is 0 Å². The fourth-order valence-electron chi connectivity index (χ4n) is 5.69. The highest BCUT2D eigenvalue weighted by atomic mass is 79.9. The number of methoxy groups -OCH3 is 1. The molecule has 0 saturated heterocycles. The molecule has 5 nitrogen and oxygen atoms in total. The quantitative estimate of drug-likeness (QED) is 0.424. The zero-order valence-electron chi connectivity index (χ0n) is 20.2.